The average Bonchev–Trinajstić information content (AvgIpc) is 3.07. The summed E-state index contributed by atoms with van der Waals surface area (Å²) in [7, 11) is 1.73. The zero-order valence-electron chi connectivity index (χ0n) is 10.6. The highest BCUT2D eigenvalue weighted by molar-refractivity contribution is 7.21. The largest absolute Gasteiger partial charge is 0.396 e. The third-order valence-electron chi connectivity index (χ3n) is 2.79. The Balaban J connectivity index is 1.90. The molecule has 0 saturated carbocycles. The maximum Gasteiger partial charge on any atom is 0.266 e. The topological polar surface area (TPSA) is 85.0 Å². The van der Waals surface area contributed by atoms with Crippen LogP contribution in [0.15, 0.2) is 23.3 Å². The Morgan fingerprint density at radius 1 is 1.35 bits per heavy atom. The van der Waals surface area contributed by atoms with Crippen LogP contribution in [-0.2, 0) is 6.54 Å². The van der Waals surface area contributed by atoms with Crippen LogP contribution in [0.25, 0.3) is 10.3 Å². The summed E-state index contributed by atoms with van der Waals surface area (Å²) in [5.41, 5.74) is 9.59. The first-order valence-corrected chi connectivity index (χ1v) is 7.54. The van der Waals surface area contributed by atoms with Crippen molar-refractivity contribution in [3.8, 4) is 0 Å². The van der Waals surface area contributed by atoms with Gasteiger partial charge in [0.05, 0.1) is 23.4 Å². The first-order valence-electron chi connectivity index (χ1n) is 5.78. The molecule has 0 spiro atoms. The maximum atomic E-state index is 12.4. The number of aromatic nitrogens is 3. The fourth-order valence-electron chi connectivity index (χ4n) is 1.81. The standard InChI is InChI=1S/C12H11N5OS2/c1-17(4-7-5-19-6-16-7)12(18)10-8(13)9-11(20-10)15-3-2-14-9/h2-3,5-6H,4,13H2,1H3. The highest BCUT2D eigenvalue weighted by Crippen LogP contribution is 2.31. The van der Waals surface area contributed by atoms with Gasteiger partial charge in [-0.1, -0.05) is 0 Å². The molecule has 0 atom stereocenters. The van der Waals surface area contributed by atoms with Gasteiger partial charge < -0.3 is 10.6 Å². The third-order valence-corrected chi connectivity index (χ3v) is 4.51. The van der Waals surface area contributed by atoms with Crippen molar-refractivity contribution in [2.45, 2.75) is 6.54 Å². The number of carbonyl (C=O) groups is 1. The smallest absolute Gasteiger partial charge is 0.266 e. The van der Waals surface area contributed by atoms with Gasteiger partial charge in [0.25, 0.3) is 5.91 Å². The Morgan fingerprint density at radius 3 is 2.85 bits per heavy atom. The number of hydrogen-bond acceptors (Lipinski definition) is 7. The molecule has 0 aromatic carbocycles. The van der Waals surface area contributed by atoms with E-state index in [1.807, 2.05) is 5.38 Å². The number of thiophene rings is 1. The first-order chi connectivity index (χ1) is 9.66. The van der Waals surface area contributed by atoms with Crippen LogP contribution in [0.1, 0.15) is 15.4 Å². The molecule has 3 rings (SSSR count). The van der Waals surface area contributed by atoms with E-state index in [0.29, 0.717) is 27.5 Å². The van der Waals surface area contributed by atoms with Crippen LogP contribution in [-0.4, -0.2) is 32.8 Å². The third kappa shape index (κ3) is 2.23. The van der Waals surface area contributed by atoms with Crippen LogP contribution in [0.3, 0.4) is 0 Å². The molecule has 6 nitrogen and oxygen atoms in total. The zero-order valence-corrected chi connectivity index (χ0v) is 12.2. The van der Waals surface area contributed by atoms with Crippen molar-refractivity contribution in [2.24, 2.45) is 0 Å². The van der Waals surface area contributed by atoms with Crippen LogP contribution in [0.5, 0.6) is 0 Å². The van der Waals surface area contributed by atoms with Crippen molar-refractivity contribution in [3.05, 3.63) is 33.9 Å². The van der Waals surface area contributed by atoms with E-state index in [1.54, 1.807) is 29.9 Å². The summed E-state index contributed by atoms with van der Waals surface area (Å²) in [4.78, 5) is 27.7. The van der Waals surface area contributed by atoms with Crippen LogP contribution in [0.2, 0.25) is 0 Å². The minimum Gasteiger partial charge on any atom is -0.396 e. The molecule has 0 aliphatic rings. The zero-order chi connectivity index (χ0) is 14.1. The lowest BCUT2D eigenvalue weighted by atomic mass is 10.3. The molecule has 2 N–H and O–H groups in total. The predicted octanol–water partition coefficient (Wildman–Crippen LogP) is 2.00. The second-order valence-corrected chi connectivity index (χ2v) is 5.91. The number of nitrogens with zero attached hydrogens (tertiary/aromatic N) is 4. The Kier molecular flexibility index (Phi) is 3.33. The summed E-state index contributed by atoms with van der Waals surface area (Å²) in [5.74, 6) is -0.139. The quantitative estimate of drug-likeness (QED) is 0.800. The van der Waals surface area contributed by atoms with E-state index in [9.17, 15) is 4.79 Å². The van der Waals surface area contributed by atoms with E-state index < -0.39 is 0 Å². The SMILES string of the molecule is CN(Cc1cscn1)C(=O)c1sc2nccnc2c1N. The van der Waals surface area contributed by atoms with Crippen LogP contribution >= 0.6 is 22.7 Å². The van der Waals surface area contributed by atoms with E-state index in [-0.39, 0.29) is 5.91 Å². The van der Waals surface area contributed by atoms with Crippen molar-refractivity contribution >= 4 is 44.6 Å². The van der Waals surface area contributed by atoms with Crippen molar-refractivity contribution in [3.63, 3.8) is 0 Å². The second-order valence-electron chi connectivity index (χ2n) is 4.20. The second kappa shape index (κ2) is 5.14. The van der Waals surface area contributed by atoms with Gasteiger partial charge in [0.1, 0.15) is 15.2 Å². The van der Waals surface area contributed by atoms with Gasteiger partial charge in [0.2, 0.25) is 0 Å². The molecule has 0 aliphatic carbocycles. The molecule has 8 heteroatoms. The van der Waals surface area contributed by atoms with E-state index in [4.69, 9.17) is 5.73 Å². The van der Waals surface area contributed by atoms with Gasteiger partial charge in [-0.3, -0.25) is 4.79 Å². The fourth-order valence-corrected chi connectivity index (χ4v) is 3.37. The molecule has 102 valence electrons. The highest BCUT2D eigenvalue weighted by Gasteiger charge is 2.21. The number of nitrogen functional groups attached to an aromatic ring is 1. The van der Waals surface area contributed by atoms with Gasteiger partial charge in [-0.05, 0) is 0 Å². The molecule has 0 bridgehead atoms. The minimum absolute atomic E-state index is 0.139. The number of amides is 1. The monoisotopic (exact) mass is 305 g/mol. The molecule has 0 saturated heterocycles. The maximum absolute atomic E-state index is 12.4. The molecular weight excluding hydrogens is 294 g/mol. The Hall–Kier alpha value is -2.06. The van der Waals surface area contributed by atoms with Crippen molar-refractivity contribution in [1.82, 2.24) is 19.9 Å². The molecule has 3 aromatic heterocycles. The minimum atomic E-state index is -0.139. The molecule has 1 amide bonds. The van der Waals surface area contributed by atoms with E-state index in [0.717, 1.165) is 5.69 Å². The lowest BCUT2D eigenvalue weighted by Crippen LogP contribution is -2.26. The molecule has 0 radical (unpaired) electrons. The number of hydrogen-bond donors (Lipinski definition) is 1. The molecule has 3 heterocycles. The summed E-state index contributed by atoms with van der Waals surface area (Å²) in [5, 5.41) is 1.92. The van der Waals surface area contributed by atoms with Gasteiger partial charge in [-0.25, -0.2) is 15.0 Å². The van der Waals surface area contributed by atoms with Crippen molar-refractivity contribution in [1.29, 1.82) is 0 Å². The lowest BCUT2D eigenvalue weighted by molar-refractivity contribution is 0.0789. The number of anilines is 1. The fraction of sp³-hybridized carbons (Fsp3) is 0.167. The van der Waals surface area contributed by atoms with Crippen LogP contribution < -0.4 is 5.73 Å². The average molecular weight is 305 g/mol. The van der Waals surface area contributed by atoms with Crippen molar-refractivity contribution in [2.75, 3.05) is 12.8 Å². The van der Waals surface area contributed by atoms with Gasteiger partial charge in [-0.15, -0.1) is 22.7 Å². The van der Waals surface area contributed by atoms with Gasteiger partial charge in [0.15, 0.2) is 0 Å². The highest BCUT2D eigenvalue weighted by atomic mass is 32.1. The Bertz CT molecular complexity index is 752. The Morgan fingerprint density at radius 2 is 2.15 bits per heavy atom. The molecule has 20 heavy (non-hydrogen) atoms. The summed E-state index contributed by atoms with van der Waals surface area (Å²) in [6, 6.07) is 0. The molecule has 0 fully saturated rings. The van der Waals surface area contributed by atoms with E-state index in [1.165, 1.54) is 22.7 Å². The number of rotatable bonds is 3. The van der Waals surface area contributed by atoms with Gasteiger partial charge in [-0.2, -0.15) is 0 Å². The molecule has 0 aliphatic heterocycles. The number of fused-ring (bicyclic) bond motifs is 1. The molecule has 0 unspecified atom stereocenters. The van der Waals surface area contributed by atoms with Crippen LogP contribution in [0.4, 0.5) is 5.69 Å². The number of carbonyl (C=O) groups excluding carboxylic acids is 1. The predicted molar refractivity (Wildman–Crippen MR) is 79.7 cm³/mol. The Labute approximate surface area is 122 Å². The summed E-state index contributed by atoms with van der Waals surface area (Å²) >= 11 is 2.77. The lowest BCUT2D eigenvalue weighted by Gasteiger charge is -2.15. The summed E-state index contributed by atoms with van der Waals surface area (Å²) < 4.78 is 0. The van der Waals surface area contributed by atoms with Crippen LogP contribution in [0, 0.1) is 0 Å². The van der Waals surface area contributed by atoms with Gasteiger partial charge >= 0.3 is 0 Å². The number of thiazole rings is 1. The molecule has 3 aromatic rings. The first kappa shape index (κ1) is 12.9. The van der Waals surface area contributed by atoms with E-state index in [2.05, 4.69) is 15.0 Å². The summed E-state index contributed by atoms with van der Waals surface area (Å²) in [6.07, 6.45) is 3.16. The normalized spacial score (nSPS) is 10.8. The van der Waals surface area contributed by atoms with E-state index >= 15 is 0 Å². The van der Waals surface area contributed by atoms with Crippen molar-refractivity contribution < 1.29 is 4.79 Å². The number of nitrogens with two attached hydrogens (primary N) is 1. The summed E-state index contributed by atoms with van der Waals surface area (Å²) in [6.45, 7) is 0.455. The van der Waals surface area contributed by atoms with Gasteiger partial charge in [0, 0.05) is 24.8 Å². The molecular formula is C12H11N5OS2.